The highest BCUT2D eigenvalue weighted by atomic mass is 19.4. The Kier molecular flexibility index (Phi) is 3.09. The zero-order valence-corrected chi connectivity index (χ0v) is 7.64. The van der Waals surface area contributed by atoms with Gasteiger partial charge in [0.05, 0.1) is 18.1 Å². The van der Waals surface area contributed by atoms with Crippen molar-refractivity contribution in [3.63, 3.8) is 0 Å². The molecule has 1 rings (SSSR count). The zero-order valence-electron chi connectivity index (χ0n) is 7.64. The Bertz CT molecular complexity index is 493. The van der Waals surface area contributed by atoms with Gasteiger partial charge in [-0.15, -0.1) is 0 Å². The molecule has 1 aromatic rings. The van der Waals surface area contributed by atoms with Crippen LogP contribution in [-0.2, 0) is 12.6 Å². The van der Waals surface area contributed by atoms with Crippen LogP contribution in [0.5, 0.6) is 0 Å². The number of nitriles is 2. The van der Waals surface area contributed by atoms with E-state index in [-0.39, 0.29) is 0 Å². The van der Waals surface area contributed by atoms with Crippen molar-refractivity contribution in [1.29, 1.82) is 10.5 Å². The van der Waals surface area contributed by atoms with Gasteiger partial charge in [-0.2, -0.15) is 28.1 Å². The van der Waals surface area contributed by atoms with Crippen LogP contribution in [0.3, 0.4) is 0 Å². The first-order valence-corrected chi connectivity index (χ1v) is 3.93. The first kappa shape index (κ1) is 11.9. The van der Waals surface area contributed by atoms with Crippen molar-refractivity contribution in [3.05, 3.63) is 28.8 Å². The van der Waals surface area contributed by atoms with Crippen LogP contribution in [0.1, 0.15) is 16.8 Å². The van der Waals surface area contributed by atoms with Gasteiger partial charge in [0.25, 0.3) is 0 Å². The lowest BCUT2D eigenvalue weighted by Gasteiger charge is -2.11. The Labute approximate surface area is 87.6 Å². The molecule has 0 atom stereocenters. The maximum Gasteiger partial charge on any atom is 0.416 e. The molecule has 3 nitrogen and oxygen atoms in total. The second-order valence-electron chi connectivity index (χ2n) is 2.77. The lowest BCUT2D eigenvalue weighted by Crippen LogP contribution is -2.13. The summed E-state index contributed by atoms with van der Waals surface area (Å²) in [5.74, 6) is -1.44. The summed E-state index contributed by atoms with van der Waals surface area (Å²) in [6, 6.07) is 3.15. The molecule has 0 unspecified atom stereocenters. The quantitative estimate of drug-likeness (QED) is 0.547. The van der Waals surface area contributed by atoms with Gasteiger partial charge in [0.1, 0.15) is 11.8 Å². The van der Waals surface area contributed by atoms with Crippen LogP contribution in [0.2, 0.25) is 0 Å². The topological polar surface area (TPSA) is 60.5 Å². The van der Waals surface area contributed by atoms with Gasteiger partial charge >= 0.3 is 6.18 Å². The molecule has 0 radical (unpaired) electrons. The third kappa shape index (κ3) is 2.26. The van der Waals surface area contributed by atoms with Crippen molar-refractivity contribution >= 4 is 0 Å². The first-order chi connectivity index (χ1) is 7.40. The molecule has 0 spiro atoms. The summed E-state index contributed by atoms with van der Waals surface area (Å²) in [5, 5.41) is 16.6. The van der Waals surface area contributed by atoms with Crippen molar-refractivity contribution in [2.75, 3.05) is 0 Å². The Hall–Kier alpha value is -2.15. The molecule has 16 heavy (non-hydrogen) atoms. The van der Waals surface area contributed by atoms with Crippen molar-refractivity contribution in [3.8, 4) is 12.1 Å². The molecule has 82 valence electrons. The third-order valence-electron chi connectivity index (χ3n) is 1.75. The van der Waals surface area contributed by atoms with Gasteiger partial charge < -0.3 is 0 Å². The molecular weight excluding hydrogens is 226 g/mol. The van der Waals surface area contributed by atoms with Gasteiger partial charge in [-0.1, -0.05) is 0 Å². The van der Waals surface area contributed by atoms with Crippen LogP contribution in [0.15, 0.2) is 6.07 Å². The minimum absolute atomic E-state index is 0.426. The van der Waals surface area contributed by atoms with Crippen LogP contribution in [-0.4, -0.2) is 4.98 Å². The van der Waals surface area contributed by atoms with E-state index in [9.17, 15) is 17.6 Å². The van der Waals surface area contributed by atoms with Crippen LogP contribution in [0.4, 0.5) is 17.6 Å². The van der Waals surface area contributed by atoms with Crippen molar-refractivity contribution in [2.45, 2.75) is 12.6 Å². The number of hydrogen-bond donors (Lipinski definition) is 0. The molecule has 0 aromatic carbocycles. The van der Waals surface area contributed by atoms with E-state index >= 15 is 0 Å². The smallest absolute Gasteiger partial charge is 0.209 e. The molecule has 0 bridgehead atoms. The number of pyridine rings is 1. The van der Waals surface area contributed by atoms with E-state index < -0.39 is 35.4 Å². The summed E-state index contributed by atoms with van der Waals surface area (Å²) in [5.41, 5.74) is -2.85. The molecule has 0 saturated heterocycles. The minimum Gasteiger partial charge on any atom is -0.209 e. The fourth-order valence-corrected chi connectivity index (χ4v) is 1.10. The van der Waals surface area contributed by atoms with Crippen LogP contribution in [0, 0.1) is 28.6 Å². The highest BCUT2D eigenvalue weighted by molar-refractivity contribution is 5.36. The highest BCUT2D eigenvalue weighted by Crippen LogP contribution is 2.33. The molecule has 7 heteroatoms. The van der Waals surface area contributed by atoms with Gasteiger partial charge in [0.2, 0.25) is 5.95 Å². The Morgan fingerprint density at radius 1 is 1.31 bits per heavy atom. The van der Waals surface area contributed by atoms with E-state index in [1.807, 2.05) is 0 Å². The molecule has 0 aliphatic heterocycles. The van der Waals surface area contributed by atoms with Crippen molar-refractivity contribution in [1.82, 2.24) is 4.98 Å². The number of nitrogens with zero attached hydrogens (tertiary/aromatic N) is 3. The van der Waals surface area contributed by atoms with Gasteiger partial charge in [0.15, 0.2) is 0 Å². The summed E-state index contributed by atoms with van der Waals surface area (Å²) in [4.78, 5) is 3.01. The molecular formula is C9H3F4N3. The van der Waals surface area contributed by atoms with E-state index in [2.05, 4.69) is 4.98 Å². The Morgan fingerprint density at radius 3 is 2.38 bits per heavy atom. The molecule has 0 fully saturated rings. The fourth-order valence-electron chi connectivity index (χ4n) is 1.10. The van der Waals surface area contributed by atoms with E-state index in [1.165, 1.54) is 12.1 Å². The second kappa shape index (κ2) is 4.15. The lowest BCUT2D eigenvalue weighted by atomic mass is 10.1. The van der Waals surface area contributed by atoms with Crippen molar-refractivity contribution in [2.24, 2.45) is 0 Å². The minimum atomic E-state index is -4.82. The monoisotopic (exact) mass is 229 g/mol. The standard InChI is InChI=1S/C9H3F4N3/c10-8-6(1-2-14)7(9(11,12)13)3-5(4-15)16-8/h3H,1H2. The number of hydrogen-bond acceptors (Lipinski definition) is 3. The molecule has 0 aliphatic carbocycles. The SMILES string of the molecule is N#CCc1c(C(F)(F)F)cc(C#N)nc1F. The summed E-state index contributed by atoms with van der Waals surface area (Å²) in [7, 11) is 0. The van der Waals surface area contributed by atoms with Gasteiger partial charge in [0, 0.05) is 5.56 Å². The lowest BCUT2D eigenvalue weighted by molar-refractivity contribution is -0.138. The average molecular weight is 229 g/mol. The molecule has 0 amide bonds. The van der Waals surface area contributed by atoms with E-state index in [0.29, 0.717) is 6.07 Å². The second-order valence-corrected chi connectivity index (χ2v) is 2.77. The number of aromatic nitrogens is 1. The fraction of sp³-hybridized carbons (Fsp3) is 0.222. The summed E-state index contributed by atoms with van der Waals surface area (Å²) < 4.78 is 50.5. The van der Waals surface area contributed by atoms with Gasteiger partial charge in [-0.25, -0.2) is 4.98 Å². The van der Waals surface area contributed by atoms with Crippen molar-refractivity contribution < 1.29 is 17.6 Å². The Morgan fingerprint density at radius 2 is 1.94 bits per heavy atom. The first-order valence-electron chi connectivity index (χ1n) is 3.93. The number of halogens is 4. The molecule has 0 aliphatic rings. The zero-order chi connectivity index (χ0) is 12.3. The van der Waals surface area contributed by atoms with Crippen LogP contribution >= 0.6 is 0 Å². The van der Waals surface area contributed by atoms with E-state index in [1.54, 1.807) is 0 Å². The summed E-state index contributed by atoms with van der Waals surface area (Å²) >= 11 is 0. The Balaban J connectivity index is 3.49. The largest absolute Gasteiger partial charge is 0.416 e. The summed E-state index contributed by atoms with van der Waals surface area (Å²) in [6.07, 6.45) is -5.57. The highest BCUT2D eigenvalue weighted by Gasteiger charge is 2.35. The molecule has 1 heterocycles. The average Bonchev–Trinajstić information content (AvgIpc) is 2.19. The predicted molar refractivity (Wildman–Crippen MR) is 43.2 cm³/mol. The number of rotatable bonds is 1. The predicted octanol–water partition coefficient (Wildman–Crippen LogP) is 2.18. The molecule has 0 N–H and O–H groups in total. The summed E-state index contributed by atoms with van der Waals surface area (Å²) in [6.45, 7) is 0. The maximum atomic E-state index is 13.1. The molecule has 1 aromatic heterocycles. The molecule has 0 saturated carbocycles. The van der Waals surface area contributed by atoms with Crippen LogP contribution < -0.4 is 0 Å². The van der Waals surface area contributed by atoms with E-state index in [4.69, 9.17) is 10.5 Å². The maximum absolute atomic E-state index is 13.1. The number of alkyl halides is 3. The third-order valence-corrected chi connectivity index (χ3v) is 1.75. The van der Waals surface area contributed by atoms with Gasteiger partial charge in [-0.05, 0) is 6.07 Å². The van der Waals surface area contributed by atoms with Crippen LogP contribution in [0.25, 0.3) is 0 Å². The normalized spacial score (nSPS) is 10.6. The van der Waals surface area contributed by atoms with E-state index in [0.717, 1.165) is 0 Å². The van der Waals surface area contributed by atoms with Gasteiger partial charge in [-0.3, -0.25) is 0 Å².